The number of ether oxygens (including phenoxy) is 2. The molecule has 2 aliphatic heterocycles. The second-order valence-corrected chi connectivity index (χ2v) is 3.81. The Morgan fingerprint density at radius 1 is 0.706 bits per heavy atom. The highest BCUT2D eigenvalue weighted by atomic mass is 16.6. The van der Waals surface area contributed by atoms with Crippen molar-refractivity contribution >= 4 is 23.9 Å². The van der Waals surface area contributed by atoms with Crippen LogP contribution in [0.25, 0.3) is 0 Å². The molecular weight excluding hydrogens is 232 g/mol. The third kappa shape index (κ3) is 3.08. The van der Waals surface area contributed by atoms with Crippen molar-refractivity contribution in [1.82, 2.24) is 9.80 Å². The fourth-order valence-electron chi connectivity index (χ4n) is 1.71. The van der Waals surface area contributed by atoms with Crippen molar-refractivity contribution in [1.29, 1.82) is 0 Å². The minimum Gasteiger partial charge on any atom is -0.391 e. The maximum Gasteiger partial charge on any atom is 0.327 e. The lowest BCUT2D eigenvalue weighted by atomic mass is 10.4. The Morgan fingerprint density at radius 2 is 1.00 bits per heavy atom. The maximum absolute atomic E-state index is 11.0. The summed E-state index contributed by atoms with van der Waals surface area (Å²) in [6.07, 6.45) is 0. The summed E-state index contributed by atoms with van der Waals surface area (Å²) in [7, 11) is 0. The first-order valence-corrected chi connectivity index (χ1v) is 4.94. The maximum atomic E-state index is 11.0. The minimum absolute atomic E-state index is 0.0362. The third-order valence-electron chi connectivity index (χ3n) is 2.27. The van der Waals surface area contributed by atoms with Gasteiger partial charge in [0.05, 0.1) is 32.8 Å². The molecule has 17 heavy (non-hydrogen) atoms. The van der Waals surface area contributed by atoms with E-state index < -0.39 is 23.9 Å². The standard InChI is InChI=1S/C9H10N2O6/c12-6-1-10(2-7(13)16-6)5-11-3-8(14)17-9(15)4-11/h1-5H2. The molecule has 2 aliphatic rings. The molecule has 0 bridgehead atoms. The molecule has 8 nitrogen and oxygen atoms in total. The molecule has 0 aromatic heterocycles. The zero-order valence-electron chi connectivity index (χ0n) is 8.88. The summed E-state index contributed by atoms with van der Waals surface area (Å²) in [6, 6.07) is 0. The molecule has 0 aliphatic carbocycles. The zero-order valence-corrected chi connectivity index (χ0v) is 8.88. The second kappa shape index (κ2) is 4.60. The van der Waals surface area contributed by atoms with Gasteiger partial charge in [-0.3, -0.25) is 29.0 Å². The Morgan fingerprint density at radius 3 is 1.29 bits per heavy atom. The van der Waals surface area contributed by atoms with Gasteiger partial charge in [0.2, 0.25) is 0 Å². The van der Waals surface area contributed by atoms with Crippen LogP contribution in [0.15, 0.2) is 0 Å². The van der Waals surface area contributed by atoms with Crippen molar-refractivity contribution < 1.29 is 28.7 Å². The van der Waals surface area contributed by atoms with Gasteiger partial charge in [0.1, 0.15) is 0 Å². The Balaban J connectivity index is 1.91. The van der Waals surface area contributed by atoms with Crippen LogP contribution in [0.3, 0.4) is 0 Å². The van der Waals surface area contributed by atoms with E-state index >= 15 is 0 Å². The topological polar surface area (TPSA) is 93.2 Å². The molecule has 8 heteroatoms. The number of morpholine rings is 2. The predicted octanol–water partition coefficient (Wildman–Crippen LogP) is -2.29. The van der Waals surface area contributed by atoms with Crippen LogP contribution in [0.4, 0.5) is 0 Å². The molecule has 92 valence electrons. The molecule has 0 aromatic rings. The number of carbonyl (C=O) groups excluding carboxylic acids is 4. The fourth-order valence-corrected chi connectivity index (χ4v) is 1.71. The molecule has 0 N–H and O–H groups in total. The second-order valence-electron chi connectivity index (χ2n) is 3.81. The van der Waals surface area contributed by atoms with Crippen molar-refractivity contribution in [2.24, 2.45) is 0 Å². The Kier molecular flexibility index (Phi) is 3.16. The monoisotopic (exact) mass is 242 g/mol. The van der Waals surface area contributed by atoms with Crippen molar-refractivity contribution in [3.8, 4) is 0 Å². The first-order valence-electron chi connectivity index (χ1n) is 4.94. The molecule has 0 atom stereocenters. The van der Waals surface area contributed by atoms with Gasteiger partial charge in [-0.25, -0.2) is 0 Å². The minimum atomic E-state index is -0.632. The van der Waals surface area contributed by atoms with Crippen LogP contribution in [0.5, 0.6) is 0 Å². The van der Waals surface area contributed by atoms with Crippen molar-refractivity contribution in [2.45, 2.75) is 0 Å². The van der Waals surface area contributed by atoms with E-state index in [0.717, 1.165) is 0 Å². The van der Waals surface area contributed by atoms with Gasteiger partial charge in [-0.1, -0.05) is 0 Å². The first-order chi connectivity index (χ1) is 8.02. The molecule has 2 rings (SSSR count). The van der Waals surface area contributed by atoms with Crippen LogP contribution in [0.2, 0.25) is 0 Å². The van der Waals surface area contributed by atoms with E-state index in [2.05, 4.69) is 9.47 Å². The summed E-state index contributed by atoms with van der Waals surface area (Å²) < 4.78 is 8.70. The Labute approximate surface area is 96.0 Å². The Bertz CT molecular complexity index is 325. The number of hydrogen-bond donors (Lipinski definition) is 0. The Hall–Kier alpha value is -1.80. The number of hydrogen-bond acceptors (Lipinski definition) is 8. The van der Waals surface area contributed by atoms with Gasteiger partial charge >= 0.3 is 23.9 Å². The van der Waals surface area contributed by atoms with Crippen LogP contribution in [0, 0.1) is 0 Å². The summed E-state index contributed by atoms with van der Waals surface area (Å²) in [5, 5.41) is 0. The van der Waals surface area contributed by atoms with Gasteiger partial charge in [0.15, 0.2) is 0 Å². The van der Waals surface area contributed by atoms with Gasteiger partial charge in [-0.05, 0) is 0 Å². The molecule has 0 amide bonds. The van der Waals surface area contributed by atoms with E-state index in [1.54, 1.807) is 0 Å². The number of rotatable bonds is 2. The van der Waals surface area contributed by atoms with Crippen molar-refractivity contribution in [3.63, 3.8) is 0 Å². The lowest BCUT2D eigenvalue weighted by Gasteiger charge is -2.31. The fraction of sp³-hybridized carbons (Fsp3) is 0.556. The van der Waals surface area contributed by atoms with E-state index in [0.29, 0.717) is 0 Å². The highest BCUT2D eigenvalue weighted by Gasteiger charge is 2.30. The molecule has 2 saturated heterocycles. The van der Waals surface area contributed by atoms with Crippen LogP contribution in [-0.4, -0.2) is 66.5 Å². The summed E-state index contributed by atoms with van der Waals surface area (Å²) in [5.74, 6) is -2.53. The molecular formula is C9H10N2O6. The number of nitrogens with zero attached hydrogens (tertiary/aromatic N) is 2. The summed E-state index contributed by atoms with van der Waals surface area (Å²) >= 11 is 0. The van der Waals surface area contributed by atoms with E-state index in [1.807, 2.05) is 0 Å². The average Bonchev–Trinajstić information content (AvgIpc) is 2.13. The molecule has 0 aromatic carbocycles. The smallest absolute Gasteiger partial charge is 0.327 e. The highest BCUT2D eigenvalue weighted by molar-refractivity contribution is 5.91. The van der Waals surface area contributed by atoms with Gasteiger partial charge < -0.3 is 9.47 Å². The van der Waals surface area contributed by atoms with Crippen LogP contribution in [0.1, 0.15) is 0 Å². The van der Waals surface area contributed by atoms with Crippen LogP contribution in [-0.2, 0) is 28.7 Å². The molecule has 0 saturated carbocycles. The van der Waals surface area contributed by atoms with Gasteiger partial charge in [0, 0.05) is 0 Å². The summed E-state index contributed by atoms with van der Waals surface area (Å²) in [5.41, 5.74) is 0. The molecule has 0 radical (unpaired) electrons. The van der Waals surface area contributed by atoms with Gasteiger partial charge in [-0.2, -0.15) is 0 Å². The van der Waals surface area contributed by atoms with E-state index in [1.165, 1.54) is 9.80 Å². The zero-order chi connectivity index (χ0) is 12.4. The van der Waals surface area contributed by atoms with E-state index in [9.17, 15) is 19.2 Å². The van der Waals surface area contributed by atoms with E-state index in [-0.39, 0.29) is 32.8 Å². The lowest BCUT2D eigenvalue weighted by molar-refractivity contribution is -0.170. The normalized spacial score (nSPS) is 23.5. The quantitative estimate of drug-likeness (QED) is 0.395. The van der Waals surface area contributed by atoms with Gasteiger partial charge in [-0.15, -0.1) is 0 Å². The summed E-state index contributed by atoms with van der Waals surface area (Å²) in [4.78, 5) is 47.0. The first kappa shape index (κ1) is 11.7. The summed E-state index contributed by atoms with van der Waals surface area (Å²) in [6.45, 7) is 0.0234. The average molecular weight is 242 g/mol. The van der Waals surface area contributed by atoms with Gasteiger partial charge in [0.25, 0.3) is 0 Å². The van der Waals surface area contributed by atoms with Crippen molar-refractivity contribution in [3.05, 3.63) is 0 Å². The molecule has 0 unspecified atom stereocenters. The number of cyclic esters (lactones) is 4. The third-order valence-corrected chi connectivity index (χ3v) is 2.27. The molecule has 0 spiro atoms. The predicted molar refractivity (Wildman–Crippen MR) is 50.2 cm³/mol. The molecule has 2 heterocycles. The number of carbonyl (C=O) groups is 4. The number of esters is 4. The molecule has 2 fully saturated rings. The SMILES string of the molecule is O=C1CN(CN2CC(=O)OC(=O)C2)CC(=O)O1. The lowest BCUT2D eigenvalue weighted by Crippen LogP contribution is -2.52. The highest BCUT2D eigenvalue weighted by Crippen LogP contribution is 2.05. The van der Waals surface area contributed by atoms with Crippen LogP contribution >= 0.6 is 0 Å². The van der Waals surface area contributed by atoms with Crippen LogP contribution < -0.4 is 0 Å². The largest absolute Gasteiger partial charge is 0.391 e. The van der Waals surface area contributed by atoms with E-state index in [4.69, 9.17) is 0 Å². The van der Waals surface area contributed by atoms with Crippen molar-refractivity contribution in [2.75, 3.05) is 32.8 Å².